The molecule has 0 saturated heterocycles. The molecule has 0 radical (unpaired) electrons. The average Bonchev–Trinajstić information content (AvgIpc) is 2.91. The largest absolute Gasteiger partial charge is 0.272 e. The van der Waals surface area contributed by atoms with Gasteiger partial charge in [0.25, 0.3) is 5.91 Å². The zero-order valence-electron chi connectivity index (χ0n) is 10.6. The van der Waals surface area contributed by atoms with Crippen LogP contribution < -0.4 is 5.84 Å². The Morgan fingerprint density at radius 3 is 2.70 bits per heavy atom. The summed E-state index contributed by atoms with van der Waals surface area (Å²) in [5.74, 6) is 5.52. The SMILES string of the molecule is NN(/C=C1\C=Nc2ccccc21)C(=O)c1ccncc1. The molecule has 0 saturated carbocycles. The van der Waals surface area contributed by atoms with Gasteiger partial charge in [-0.05, 0) is 18.2 Å². The molecule has 5 heteroatoms. The van der Waals surface area contributed by atoms with Crippen molar-refractivity contribution in [3.05, 3.63) is 66.1 Å². The number of pyridine rings is 1. The molecule has 1 aliphatic rings. The number of benzene rings is 1. The number of aliphatic imine (C=N–C) groups is 1. The first-order chi connectivity index (χ1) is 9.75. The first-order valence-corrected chi connectivity index (χ1v) is 6.09. The Morgan fingerprint density at radius 2 is 1.90 bits per heavy atom. The second-order valence-electron chi connectivity index (χ2n) is 4.31. The molecule has 1 amide bonds. The van der Waals surface area contributed by atoms with Crippen LogP contribution in [0.5, 0.6) is 0 Å². The number of fused-ring (bicyclic) bond motifs is 1. The average molecular weight is 264 g/mol. The van der Waals surface area contributed by atoms with Crippen molar-refractivity contribution in [2.75, 3.05) is 0 Å². The van der Waals surface area contributed by atoms with E-state index in [0.29, 0.717) is 5.56 Å². The van der Waals surface area contributed by atoms with E-state index in [1.54, 1.807) is 36.9 Å². The molecule has 20 heavy (non-hydrogen) atoms. The number of nitrogens with two attached hydrogens (primary N) is 1. The van der Waals surface area contributed by atoms with E-state index in [2.05, 4.69) is 9.98 Å². The van der Waals surface area contributed by atoms with Gasteiger partial charge in [-0.1, -0.05) is 18.2 Å². The molecule has 0 unspecified atom stereocenters. The normalized spacial score (nSPS) is 14.3. The van der Waals surface area contributed by atoms with Crippen LogP contribution in [0.2, 0.25) is 0 Å². The minimum Gasteiger partial charge on any atom is -0.267 e. The van der Waals surface area contributed by atoms with Gasteiger partial charge in [0.1, 0.15) is 0 Å². The molecule has 1 aromatic carbocycles. The highest BCUT2D eigenvalue weighted by Gasteiger charge is 2.15. The molecule has 98 valence electrons. The molecule has 1 aliphatic heterocycles. The summed E-state index contributed by atoms with van der Waals surface area (Å²) < 4.78 is 0. The number of amides is 1. The van der Waals surface area contributed by atoms with Crippen LogP contribution in [0.3, 0.4) is 0 Å². The van der Waals surface area contributed by atoms with Crippen molar-refractivity contribution < 1.29 is 4.79 Å². The van der Waals surface area contributed by atoms with E-state index in [1.165, 1.54) is 0 Å². The first kappa shape index (κ1) is 12.3. The third-order valence-electron chi connectivity index (χ3n) is 3.00. The van der Waals surface area contributed by atoms with E-state index in [0.717, 1.165) is 21.8 Å². The van der Waals surface area contributed by atoms with Gasteiger partial charge in [-0.15, -0.1) is 0 Å². The molecule has 2 heterocycles. The quantitative estimate of drug-likeness (QED) is 0.513. The van der Waals surface area contributed by atoms with Crippen LogP contribution in [-0.2, 0) is 0 Å². The van der Waals surface area contributed by atoms with E-state index in [-0.39, 0.29) is 5.91 Å². The van der Waals surface area contributed by atoms with Gasteiger partial charge in [-0.25, -0.2) is 5.84 Å². The maximum absolute atomic E-state index is 12.1. The standard InChI is InChI=1S/C15H12N4O/c16-19(15(20)11-5-7-17-8-6-11)10-12-9-18-14-4-2-1-3-13(12)14/h1-10H,16H2/b12-10+. The van der Waals surface area contributed by atoms with Crippen LogP contribution >= 0.6 is 0 Å². The second kappa shape index (κ2) is 5.07. The maximum atomic E-state index is 12.1. The van der Waals surface area contributed by atoms with Gasteiger partial charge in [0.15, 0.2) is 0 Å². The summed E-state index contributed by atoms with van der Waals surface area (Å²) in [6.07, 6.45) is 6.39. The number of rotatable bonds is 2. The minimum absolute atomic E-state index is 0.294. The van der Waals surface area contributed by atoms with Gasteiger partial charge in [0, 0.05) is 41.5 Å². The molecule has 2 N–H and O–H groups in total. The highest BCUT2D eigenvalue weighted by molar-refractivity contribution is 6.16. The Morgan fingerprint density at radius 1 is 1.15 bits per heavy atom. The van der Waals surface area contributed by atoms with Gasteiger partial charge in [-0.2, -0.15) is 0 Å². The van der Waals surface area contributed by atoms with Crippen molar-refractivity contribution in [1.29, 1.82) is 0 Å². The van der Waals surface area contributed by atoms with Gasteiger partial charge in [0.05, 0.1) is 5.69 Å². The van der Waals surface area contributed by atoms with E-state index in [9.17, 15) is 4.79 Å². The second-order valence-corrected chi connectivity index (χ2v) is 4.31. The zero-order valence-corrected chi connectivity index (χ0v) is 10.6. The molecule has 0 fully saturated rings. The number of para-hydroxylation sites is 1. The summed E-state index contributed by atoms with van der Waals surface area (Å²) in [4.78, 5) is 20.3. The molecule has 1 aromatic heterocycles. The fraction of sp³-hybridized carbons (Fsp3) is 0. The summed E-state index contributed by atoms with van der Waals surface area (Å²) in [5, 5.41) is 1.07. The third kappa shape index (κ3) is 2.22. The predicted octanol–water partition coefficient (Wildman–Crippen LogP) is 2.15. The molecule has 0 aliphatic carbocycles. The molecular formula is C15H12N4O. The molecule has 0 atom stereocenters. The number of hydrogen-bond acceptors (Lipinski definition) is 4. The summed E-state index contributed by atoms with van der Waals surface area (Å²) in [6.45, 7) is 0. The highest BCUT2D eigenvalue weighted by atomic mass is 16.2. The van der Waals surface area contributed by atoms with Crippen molar-refractivity contribution in [3.8, 4) is 0 Å². The highest BCUT2D eigenvalue weighted by Crippen LogP contribution is 2.30. The minimum atomic E-state index is -0.294. The van der Waals surface area contributed by atoms with Crippen molar-refractivity contribution in [2.24, 2.45) is 10.8 Å². The first-order valence-electron chi connectivity index (χ1n) is 6.09. The monoisotopic (exact) mass is 264 g/mol. The molecule has 3 rings (SSSR count). The van der Waals surface area contributed by atoms with Gasteiger partial charge in [-0.3, -0.25) is 19.8 Å². The smallest absolute Gasteiger partial charge is 0.267 e. The summed E-state index contributed by atoms with van der Waals surface area (Å²) in [6, 6.07) is 10.9. The molecule has 5 nitrogen and oxygen atoms in total. The summed E-state index contributed by atoms with van der Waals surface area (Å²) >= 11 is 0. The van der Waals surface area contributed by atoms with Crippen LogP contribution in [0.4, 0.5) is 5.69 Å². The van der Waals surface area contributed by atoms with E-state index >= 15 is 0 Å². The number of hydrazine groups is 1. The van der Waals surface area contributed by atoms with Crippen LogP contribution in [0.25, 0.3) is 5.57 Å². The summed E-state index contributed by atoms with van der Waals surface area (Å²) in [7, 11) is 0. The Balaban J connectivity index is 1.87. The molecular weight excluding hydrogens is 252 g/mol. The van der Waals surface area contributed by atoms with Crippen molar-refractivity contribution in [3.63, 3.8) is 0 Å². The van der Waals surface area contributed by atoms with Crippen molar-refractivity contribution >= 4 is 23.4 Å². The van der Waals surface area contributed by atoms with Crippen molar-refractivity contribution in [1.82, 2.24) is 9.99 Å². The lowest BCUT2D eigenvalue weighted by Crippen LogP contribution is -2.32. The predicted molar refractivity (Wildman–Crippen MR) is 77.2 cm³/mol. The number of nitrogens with zero attached hydrogens (tertiary/aromatic N) is 3. The van der Waals surface area contributed by atoms with Crippen LogP contribution in [-0.4, -0.2) is 22.1 Å². The van der Waals surface area contributed by atoms with Gasteiger partial charge >= 0.3 is 0 Å². The number of carbonyl (C=O) groups excluding carboxylic acids is 1. The molecule has 2 aromatic rings. The van der Waals surface area contributed by atoms with Crippen LogP contribution in [0, 0.1) is 0 Å². The topological polar surface area (TPSA) is 71.6 Å². The van der Waals surface area contributed by atoms with E-state index in [4.69, 9.17) is 5.84 Å². The lowest BCUT2D eigenvalue weighted by molar-refractivity contribution is 0.0823. The van der Waals surface area contributed by atoms with Gasteiger partial charge in [0.2, 0.25) is 0 Å². The Hall–Kier alpha value is -2.79. The third-order valence-corrected chi connectivity index (χ3v) is 3.00. The fourth-order valence-electron chi connectivity index (χ4n) is 1.99. The fourth-order valence-corrected chi connectivity index (χ4v) is 1.99. The van der Waals surface area contributed by atoms with Crippen molar-refractivity contribution in [2.45, 2.75) is 0 Å². The number of carbonyl (C=O) groups is 1. The lowest BCUT2D eigenvalue weighted by atomic mass is 10.1. The van der Waals surface area contributed by atoms with Gasteiger partial charge < -0.3 is 0 Å². The lowest BCUT2D eigenvalue weighted by Gasteiger charge is -2.12. The number of aromatic nitrogens is 1. The number of allylic oxidation sites excluding steroid dienone is 1. The Labute approximate surface area is 116 Å². The Kier molecular flexibility index (Phi) is 3.10. The number of hydrogen-bond donors (Lipinski definition) is 1. The molecule has 0 spiro atoms. The molecule has 0 bridgehead atoms. The van der Waals surface area contributed by atoms with Crippen LogP contribution in [0.15, 0.2) is 60.0 Å². The zero-order chi connectivity index (χ0) is 13.9. The summed E-state index contributed by atoms with van der Waals surface area (Å²) in [5.41, 5.74) is 3.14. The van der Waals surface area contributed by atoms with E-state index < -0.39 is 0 Å². The maximum Gasteiger partial charge on any atom is 0.272 e. The van der Waals surface area contributed by atoms with E-state index in [1.807, 2.05) is 24.3 Å². The van der Waals surface area contributed by atoms with Crippen LogP contribution in [0.1, 0.15) is 15.9 Å². The Bertz CT molecular complexity index is 707.